The Morgan fingerprint density at radius 2 is 0.959 bits per heavy atom. The van der Waals surface area contributed by atoms with Gasteiger partial charge in [-0.25, -0.2) is 13.1 Å². The molecule has 0 radical (unpaired) electrons. The van der Waals surface area contributed by atoms with E-state index in [1.54, 1.807) is 0 Å². The second-order valence-corrected chi connectivity index (χ2v) is 13.8. The molecule has 2 heterocycles. The number of anilines is 2. The predicted molar refractivity (Wildman–Crippen MR) is 211 cm³/mol. The third-order valence-electron chi connectivity index (χ3n) is 8.93. The fourth-order valence-corrected chi connectivity index (χ4v) is 8.55. The van der Waals surface area contributed by atoms with E-state index >= 15 is 0 Å². The van der Waals surface area contributed by atoms with Gasteiger partial charge in [-0.05, 0) is 63.4 Å². The van der Waals surface area contributed by atoms with E-state index in [4.69, 9.17) is 13.1 Å². The van der Waals surface area contributed by atoms with Crippen molar-refractivity contribution >= 4 is 49.1 Å². The average molecular weight is 741 g/mol. The molecule has 0 fully saturated rings. The van der Waals surface area contributed by atoms with E-state index in [-0.39, 0.29) is 0 Å². The minimum atomic E-state index is -0.461. The standard InChI is InChI=1S/C44H29IN4/c1-3-11-32(12-4-1)40-29-41(33-13-5-2-6-14-33)47-44(46-40)35-23-21-30(22-24-35)37-17-9-15-34-16-10-18-38(43(34)37)31-25-27-36(28-26-31)49-42-20-8-7-19-39(42)48-45-49/h1-29H. The van der Waals surface area contributed by atoms with Crippen LogP contribution in [0.2, 0.25) is 0 Å². The van der Waals surface area contributed by atoms with E-state index in [1.807, 2.05) is 36.4 Å². The highest BCUT2D eigenvalue weighted by Gasteiger charge is 2.18. The van der Waals surface area contributed by atoms with E-state index in [1.165, 1.54) is 38.8 Å². The molecule has 0 saturated heterocycles. The van der Waals surface area contributed by atoms with Crippen molar-refractivity contribution in [3.63, 3.8) is 0 Å². The molecule has 0 amide bonds. The van der Waals surface area contributed by atoms with E-state index in [2.05, 4.69) is 143 Å². The summed E-state index contributed by atoms with van der Waals surface area (Å²) in [6.07, 6.45) is 0. The van der Waals surface area contributed by atoms with Crippen molar-refractivity contribution in [2.75, 3.05) is 3.11 Å². The molecular formula is C44H29IN4. The smallest absolute Gasteiger partial charge is 0.160 e. The Balaban J connectivity index is 1.09. The molecule has 4 nitrogen and oxygen atoms in total. The summed E-state index contributed by atoms with van der Waals surface area (Å²) in [5, 5.41) is 2.46. The molecule has 5 heteroatoms. The fraction of sp³-hybridized carbons (Fsp3) is 0. The van der Waals surface area contributed by atoms with Gasteiger partial charge in [-0.15, -0.1) is 0 Å². The molecule has 49 heavy (non-hydrogen) atoms. The van der Waals surface area contributed by atoms with Gasteiger partial charge >= 0.3 is 0 Å². The molecule has 8 aromatic rings. The van der Waals surface area contributed by atoms with Gasteiger partial charge in [-0.3, -0.25) is 3.11 Å². The summed E-state index contributed by atoms with van der Waals surface area (Å²) in [5.41, 5.74) is 13.2. The Hall–Kier alpha value is -5.79. The Morgan fingerprint density at radius 3 is 1.57 bits per heavy atom. The van der Waals surface area contributed by atoms with E-state index in [0.717, 1.165) is 39.3 Å². The Bertz CT molecular complexity index is 2410. The van der Waals surface area contributed by atoms with Crippen molar-refractivity contribution in [3.8, 4) is 56.2 Å². The minimum absolute atomic E-state index is 0.461. The van der Waals surface area contributed by atoms with Crippen molar-refractivity contribution in [1.29, 1.82) is 0 Å². The monoisotopic (exact) mass is 740 g/mol. The lowest BCUT2D eigenvalue weighted by molar-refractivity contribution is 1.18. The number of aromatic nitrogens is 2. The predicted octanol–water partition coefficient (Wildman–Crippen LogP) is 12.8. The van der Waals surface area contributed by atoms with Crippen LogP contribution >= 0.6 is 21.3 Å². The zero-order valence-corrected chi connectivity index (χ0v) is 28.6. The van der Waals surface area contributed by atoms with Crippen molar-refractivity contribution in [2.45, 2.75) is 0 Å². The van der Waals surface area contributed by atoms with Gasteiger partial charge in [0.25, 0.3) is 0 Å². The van der Waals surface area contributed by atoms with Gasteiger partial charge in [0.05, 0.1) is 28.5 Å². The first kappa shape index (κ1) is 29.4. The summed E-state index contributed by atoms with van der Waals surface area (Å²) in [5.74, 6) is 0.710. The number of benzene rings is 7. The van der Waals surface area contributed by atoms with Gasteiger partial charge in [-0.2, -0.15) is 0 Å². The van der Waals surface area contributed by atoms with Gasteiger partial charge < -0.3 is 0 Å². The molecule has 1 aliphatic rings. The van der Waals surface area contributed by atoms with Crippen LogP contribution in [0.5, 0.6) is 0 Å². The maximum atomic E-state index is 5.04. The number of para-hydroxylation sites is 1. The molecular weight excluding hydrogens is 711 g/mol. The summed E-state index contributed by atoms with van der Waals surface area (Å²) < 4.78 is 7.18. The fourth-order valence-electron chi connectivity index (χ4n) is 6.49. The summed E-state index contributed by atoms with van der Waals surface area (Å²) in [7, 11) is 0. The molecule has 9 rings (SSSR count). The quantitative estimate of drug-likeness (QED) is 0.126. The molecule has 0 atom stereocenters. The van der Waals surface area contributed by atoms with E-state index < -0.39 is 21.3 Å². The van der Waals surface area contributed by atoms with Gasteiger partial charge in [0.1, 0.15) is 21.3 Å². The molecule has 232 valence electrons. The lowest BCUT2D eigenvalue weighted by Gasteiger charge is -2.16. The number of fused-ring (bicyclic) bond motifs is 2. The first-order valence-electron chi connectivity index (χ1n) is 16.3. The maximum absolute atomic E-state index is 5.04. The minimum Gasteiger partial charge on any atom is -0.272 e. The highest BCUT2D eigenvalue weighted by Crippen LogP contribution is 2.47. The molecule has 0 N–H and O–H groups in total. The molecule has 0 saturated carbocycles. The lowest BCUT2D eigenvalue weighted by atomic mass is 9.91. The summed E-state index contributed by atoms with van der Waals surface area (Å²) in [4.78, 5) is 10.1. The summed E-state index contributed by atoms with van der Waals surface area (Å²) >= 11 is -0.461. The topological polar surface area (TPSA) is 41.4 Å². The van der Waals surface area contributed by atoms with Crippen molar-refractivity contribution in [2.24, 2.45) is 3.15 Å². The van der Waals surface area contributed by atoms with Crippen molar-refractivity contribution in [3.05, 3.63) is 176 Å². The van der Waals surface area contributed by atoms with Crippen LogP contribution in [0.3, 0.4) is 0 Å². The van der Waals surface area contributed by atoms with Crippen LogP contribution in [-0.2, 0) is 0 Å². The lowest BCUT2D eigenvalue weighted by Crippen LogP contribution is -1.99. The van der Waals surface area contributed by atoms with Gasteiger partial charge in [0.15, 0.2) is 5.82 Å². The van der Waals surface area contributed by atoms with Crippen molar-refractivity contribution < 1.29 is 0 Å². The molecule has 1 aromatic heterocycles. The first-order chi connectivity index (χ1) is 24.3. The largest absolute Gasteiger partial charge is 0.272 e. The first-order valence-corrected chi connectivity index (χ1v) is 18.2. The van der Waals surface area contributed by atoms with Gasteiger partial charge in [0.2, 0.25) is 0 Å². The molecule has 7 aromatic carbocycles. The zero-order valence-electron chi connectivity index (χ0n) is 26.4. The van der Waals surface area contributed by atoms with Crippen molar-refractivity contribution in [1.82, 2.24) is 9.97 Å². The van der Waals surface area contributed by atoms with Crippen LogP contribution in [-0.4, -0.2) is 9.97 Å². The Kier molecular flexibility index (Phi) is 7.59. The number of rotatable bonds is 6. The SMILES string of the molecule is c1ccc(-c2cc(-c3ccccc3)nc(-c3ccc(-c4cccc5cccc(-c6ccc(N7I=Nc8ccccc87)cc6)c45)cc3)n2)cc1. The number of halogens is 1. The zero-order chi connectivity index (χ0) is 32.6. The molecule has 0 bridgehead atoms. The normalized spacial score (nSPS) is 12.1. The maximum Gasteiger partial charge on any atom is 0.160 e. The van der Waals surface area contributed by atoms with E-state index in [0.29, 0.717) is 5.82 Å². The number of hydrogen-bond acceptors (Lipinski definition) is 4. The van der Waals surface area contributed by atoms with Crippen LogP contribution in [0.4, 0.5) is 17.1 Å². The molecule has 1 aliphatic heterocycles. The van der Waals surface area contributed by atoms with Crippen LogP contribution in [0.1, 0.15) is 0 Å². The highest BCUT2D eigenvalue weighted by atomic mass is 127. The van der Waals surface area contributed by atoms with Gasteiger partial charge in [-0.1, -0.05) is 146 Å². The second kappa shape index (κ2) is 12.7. The highest BCUT2D eigenvalue weighted by molar-refractivity contribution is 14.2. The number of nitrogens with zero attached hydrogens (tertiary/aromatic N) is 4. The van der Waals surface area contributed by atoms with Crippen LogP contribution < -0.4 is 3.11 Å². The number of hydrogen-bond donors (Lipinski definition) is 0. The second-order valence-electron chi connectivity index (χ2n) is 12.0. The Morgan fingerprint density at radius 1 is 0.429 bits per heavy atom. The molecule has 0 unspecified atom stereocenters. The molecule has 0 aliphatic carbocycles. The summed E-state index contributed by atoms with van der Waals surface area (Å²) in [6, 6.07) is 61.9. The van der Waals surface area contributed by atoms with Crippen LogP contribution in [0.15, 0.2) is 179 Å². The Labute approximate surface area is 295 Å². The van der Waals surface area contributed by atoms with E-state index in [9.17, 15) is 0 Å². The summed E-state index contributed by atoms with van der Waals surface area (Å²) in [6.45, 7) is 0. The third kappa shape index (κ3) is 5.62. The third-order valence-corrected chi connectivity index (χ3v) is 11.2. The van der Waals surface area contributed by atoms with Crippen LogP contribution in [0, 0.1) is 0 Å². The van der Waals surface area contributed by atoms with Crippen LogP contribution in [0.25, 0.3) is 66.9 Å². The average Bonchev–Trinajstić information content (AvgIpc) is 3.62. The molecule has 0 spiro atoms. The van der Waals surface area contributed by atoms with Gasteiger partial charge in [0, 0.05) is 16.7 Å².